The summed E-state index contributed by atoms with van der Waals surface area (Å²) in [7, 11) is 0. The molecule has 5 nitrogen and oxygen atoms in total. The molecule has 0 aliphatic carbocycles. The maximum Gasteiger partial charge on any atom is 0.138 e. The smallest absolute Gasteiger partial charge is 0.138 e. The summed E-state index contributed by atoms with van der Waals surface area (Å²) in [6.07, 6.45) is 6.15. The number of nitrogens with zero attached hydrogens (tertiary/aromatic N) is 4. The van der Waals surface area contributed by atoms with Crippen molar-refractivity contribution in [3.63, 3.8) is 0 Å². The van der Waals surface area contributed by atoms with Crippen molar-refractivity contribution in [2.45, 2.75) is 39.8 Å². The van der Waals surface area contributed by atoms with Gasteiger partial charge in [-0.1, -0.05) is 20.8 Å². The van der Waals surface area contributed by atoms with Gasteiger partial charge in [-0.05, 0) is 40.0 Å². The lowest BCUT2D eigenvalue weighted by Crippen LogP contribution is -2.25. The van der Waals surface area contributed by atoms with Crippen LogP contribution in [-0.2, 0) is 13.0 Å². The zero-order chi connectivity index (χ0) is 15.2. The average Bonchev–Trinajstić information content (AvgIpc) is 2.85. The molecule has 6 heteroatoms. The highest BCUT2D eigenvalue weighted by molar-refractivity contribution is 9.10. The first-order valence-electron chi connectivity index (χ1n) is 7.30. The molecule has 0 saturated carbocycles. The summed E-state index contributed by atoms with van der Waals surface area (Å²) >= 11 is 3.48. The van der Waals surface area contributed by atoms with E-state index in [0.717, 1.165) is 35.4 Å². The predicted molar refractivity (Wildman–Crippen MR) is 86.9 cm³/mol. The van der Waals surface area contributed by atoms with Crippen LogP contribution in [0.25, 0.3) is 0 Å². The number of halogens is 1. The molecule has 1 N–H and O–H groups in total. The number of nitrogens with one attached hydrogen (secondary N) is 1. The van der Waals surface area contributed by atoms with Crippen molar-refractivity contribution >= 4 is 15.9 Å². The molecule has 2 heterocycles. The minimum absolute atomic E-state index is 0.190. The monoisotopic (exact) mass is 351 g/mol. The molecule has 2 rings (SSSR count). The Labute approximate surface area is 134 Å². The second-order valence-electron chi connectivity index (χ2n) is 5.50. The second-order valence-corrected chi connectivity index (χ2v) is 6.42. The summed E-state index contributed by atoms with van der Waals surface area (Å²) in [5, 5.41) is 7.84. The quantitative estimate of drug-likeness (QED) is 0.832. The molecule has 0 fully saturated rings. The van der Waals surface area contributed by atoms with Gasteiger partial charge in [0, 0.05) is 35.9 Å². The van der Waals surface area contributed by atoms with Crippen LogP contribution in [0.1, 0.15) is 38.2 Å². The molecule has 2 aromatic rings. The lowest BCUT2D eigenvalue weighted by molar-refractivity contribution is 0.446. The lowest BCUT2D eigenvalue weighted by atomic mass is 10.1. The van der Waals surface area contributed by atoms with E-state index < -0.39 is 0 Å². The third-order valence-corrected chi connectivity index (χ3v) is 3.63. The van der Waals surface area contributed by atoms with Crippen LogP contribution in [0.15, 0.2) is 29.3 Å². The molecule has 2 aromatic heterocycles. The Kier molecular flexibility index (Phi) is 5.87. The molecule has 0 saturated heterocycles. The highest BCUT2D eigenvalue weighted by Crippen LogP contribution is 2.20. The molecule has 0 aromatic carbocycles. The number of pyridine rings is 1. The predicted octanol–water partition coefficient (Wildman–Crippen LogP) is 2.98. The Morgan fingerprint density at radius 2 is 2.14 bits per heavy atom. The largest absolute Gasteiger partial charge is 0.310 e. The molecule has 0 amide bonds. The number of hydrogen-bond donors (Lipinski definition) is 1. The van der Waals surface area contributed by atoms with Crippen LogP contribution in [0.4, 0.5) is 0 Å². The Bertz CT molecular complexity index is 567. The van der Waals surface area contributed by atoms with Gasteiger partial charge in [-0.25, -0.2) is 9.67 Å². The van der Waals surface area contributed by atoms with Crippen molar-refractivity contribution in [2.24, 2.45) is 5.92 Å². The van der Waals surface area contributed by atoms with Gasteiger partial charge in [-0.3, -0.25) is 4.98 Å². The van der Waals surface area contributed by atoms with Gasteiger partial charge in [-0.15, -0.1) is 0 Å². The Balaban J connectivity index is 2.18. The van der Waals surface area contributed by atoms with Crippen LogP contribution in [0.2, 0.25) is 0 Å². The summed E-state index contributed by atoms with van der Waals surface area (Å²) in [4.78, 5) is 8.68. The summed E-state index contributed by atoms with van der Waals surface area (Å²) in [6, 6.07) is 2.29. The fraction of sp³-hybridized carbons (Fsp3) is 0.533. The van der Waals surface area contributed by atoms with E-state index >= 15 is 0 Å². The molecule has 114 valence electrons. The van der Waals surface area contributed by atoms with Crippen LogP contribution in [-0.4, -0.2) is 26.3 Å². The number of hydrogen-bond acceptors (Lipinski definition) is 4. The fourth-order valence-electron chi connectivity index (χ4n) is 2.30. The molecule has 0 spiro atoms. The van der Waals surface area contributed by atoms with Crippen LogP contribution in [0.5, 0.6) is 0 Å². The summed E-state index contributed by atoms with van der Waals surface area (Å²) in [5.41, 5.74) is 1.16. The normalized spacial score (nSPS) is 12.8. The van der Waals surface area contributed by atoms with Crippen molar-refractivity contribution in [1.29, 1.82) is 0 Å². The molecule has 0 bridgehead atoms. The zero-order valence-electron chi connectivity index (χ0n) is 12.8. The third kappa shape index (κ3) is 4.61. The first-order chi connectivity index (χ1) is 10.1. The van der Waals surface area contributed by atoms with Crippen molar-refractivity contribution in [2.75, 3.05) is 6.54 Å². The average molecular weight is 352 g/mol. The van der Waals surface area contributed by atoms with Gasteiger partial charge < -0.3 is 5.32 Å². The fourth-order valence-corrected chi connectivity index (χ4v) is 2.68. The molecule has 21 heavy (non-hydrogen) atoms. The summed E-state index contributed by atoms with van der Waals surface area (Å²) < 4.78 is 2.99. The van der Waals surface area contributed by atoms with E-state index in [1.165, 1.54) is 0 Å². The summed E-state index contributed by atoms with van der Waals surface area (Å²) in [5.74, 6) is 1.56. The first-order valence-corrected chi connectivity index (χ1v) is 8.10. The molecule has 0 aliphatic rings. The van der Waals surface area contributed by atoms with Gasteiger partial charge in [0.2, 0.25) is 0 Å². The van der Waals surface area contributed by atoms with Crippen molar-refractivity contribution in [1.82, 2.24) is 25.1 Å². The van der Waals surface area contributed by atoms with Crippen molar-refractivity contribution in [3.8, 4) is 0 Å². The SMILES string of the molecule is CCNC(Cc1ncnn1CC(C)C)c1cncc(Br)c1. The van der Waals surface area contributed by atoms with E-state index in [4.69, 9.17) is 0 Å². The van der Waals surface area contributed by atoms with Gasteiger partial charge in [0.05, 0.1) is 0 Å². The van der Waals surface area contributed by atoms with Crippen LogP contribution >= 0.6 is 15.9 Å². The van der Waals surface area contributed by atoms with Gasteiger partial charge in [0.1, 0.15) is 12.2 Å². The standard InChI is InChI=1S/C15H22BrN5/c1-4-18-14(12-5-13(16)8-17-7-12)6-15-19-10-20-21(15)9-11(2)3/h5,7-8,10-11,14,18H,4,6,9H2,1-3H3. The van der Waals surface area contributed by atoms with E-state index in [1.807, 2.05) is 10.9 Å². The van der Waals surface area contributed by atoms with E-state index in [0.29, 0.717) is 5.92 Å². The number of rotatable bonds is 7. The molecular weight excluding hydrogens is 330 g/mol. The first kappa shape index (κ1) is 16.1. The zero-order valence-corrected chi connectivity index (χ0v) is 14.3. The van der Waals surface area contributed by atoms with Crippen LogP contribution < -0.4 is 5.32 Å². The Hall–Kier alpha value is -1.27. The maximum absolute atomic E-state index is 4.42. The van der Waals surface area contributed by atoms with E-state index in [2.05, 4.69) is 63.2 Å². The topological polar surface area (TPSA) is 55.6 Å². The van der Waals surface area contributed by atoms with Crippen LogP contribution in [0, 0.1) is 5.92 Å². The number of likely N-dealkylation sites (N-methyl/N-ethyl adjacent to an activating group) is 1. The minimum Gasteiger partial charge on any atom is -0.310 e. The van der Waals surface area contributed by atoms with Gasteiger partial charge in [0.15, 0.2) is 0 Å². The molecule has 1 atom stereocenters. The van der Waals surface area contributed by atoms with Crippen LogP contribution in [0.3, 0.4) is 0 Å². The maximum atomic E-state index is 4.42. The van der Waals surface area contributed by atoms with E-state index in [9.17, 15) is 0 Å². The molecule has 1 unspecified atom stereocenters. The number of aromatic nitrogens is 4. The lowest BCUT2D eigenvalue weighted by Gasteiger charge is -2.18. The molecule has 0 radical (unpaired) electrons. The third-order valence-electron chi connectivity index (χ3n) is 3.20. The van der Waals surface area contributed by atoms with Crippen molar-refractivity contribution in [3.05, 3.63) is 40.6 Å². The summed E-state index contributed by atoms with van der Waals surface area (Å²) in [6.45, 7) is 8.27. The highest BCUT2D eigenvalue weighted by atomic mass is 79.9. The minimum atomic E-state index is 0.190. The van der Waals surface area contributed by atoms with Gasteiger partial charge in [0.25, 0.3) is 0 Å². The van der Waals surface area contributed by atoms with Crippen molar-refractivity contribution < 1.29 is 0 Å². The van der Waals surface area contributed by atoms with E-state index in [-0.39, 0.29) is 6.04 Å². The molecule has 0 aliphatic heterocycles. The Morgan fingerprint density at radius 3 is 2.81 bits per heavy atom. The second kappa shape index (κ2) is 7.66. The van der Waals surface area contributed by atoms with Gasteiger partial charge >= 0.3 is 0 Å². The van der Waals surface area contributed by atoms with E-state index in [1.54, 1.807) is 12.5 Å². The van der Waals surface area contributed by atoms with Gasteiger partial charge in [-0.2, -0.15) is 5.10 Å². The molecular formula is C15H22BrN5. The highest BCUT2D eigenvalue weighted by Gasteiger charge is 2.16. The Morgan fingerprint density at radius 1 is 1.33 bits per heavy atom.